The lowest BCUT2D eigenvalue weighted by Crippen LogP contribution is -2.48. The molecule has 116 valence electrons. The van der Waals surface area contributed by atoms with Gasteiger partial charge in [0.2, 0.25) is 5.03 Å². The van der Waals surface area contributed by atoms with E-state index < -0.39 is 10.0 Å². The van der Waals surface area contributed by atoms with Crippen molar-refractivity contribution < 1.29 is 13.2 Å². The van der Waals surface area contributed by atoms with E-state index in [1.54, 1.807) is 15.6 Å². The fourth-order valence-electron chi connectivity index (χ4n) is 2.17. The van der Waals surface area contributed by atoms with Gasteiger partial charge in [0.25, 0.3) is 10.0 Å². The first-order valence-electron chi connectivity index (χ1n) is 6.66. The highest BCUT2D eigenvalue weighted by Crippen LogP contribution is 2.25. The Bertz CT molecular complexity index is 717. The highest BCUT2D eigenvalue weighted by Gasteiger charge is 2.28. The maximum absolute atomic E-state index is 12.7. The lowest BCUT2D eigenvalue weighted by Gasteiger charge is -2.26. The number of nitrogens with one attached hydrogen (secondary N) is 2. The molecule has 0 aromatic carbocycles. The van der Waals surface area contributed by atoms with Crippen molar-refractivity contribution in [3.8, 4) is 0 Å². The summed E-state index contributed by atoms with van der Waals surface area (Å²) in [5, 5.41) is 6.62. The van der Waals surface area contributed by atoms with Crippen LogP contribution in [-0.4, -0.2) is 55.7 Å². The molecule has 1 saturated heterocycles. The maximum atomic E-state index is 12.7. The van der Waals surface area contributed by atoms with E-state index in [0.717, 1.165) is 0 Å². The van der Waals surface area contributed by atoms with Gasteiger partial charge < -0.3 is 10.1 Å². The Morgan fingerprint density at radius 1 is 1.43 bits per heavy atom. The third-order valence-electron chi connectivity index (χ3n) is 3.08. The van der Waals surface area contributed by atoms with Gasteiger partial charge in [-0.15, -0.1) is 16.2 Å². The summed E-state index contributed by atoms with van der Waals surface area (Å²) in [6.07, 6.45) is 1.71. The first-order valence-corrected chi connectivity index (χ1v) is 9.02. The number of thiazole rings is 1. The van der Waals surface area contributed by atoms with Crippen LogP contribution < -0.4 is 10.1 Å². The van der Waals surface area contributed by atoms with E-state index in [9.17, 15) is 8.42 Å². The third kappa shape index (κ3) is 2.90. The minimum atomic E-state index is -3.70. The van der Waals surface area contributed by atoms with Crippen LogP contribution in [0.25, 0.3) is 4.96 Å². The number of hydrazine groups is 1. The number of fused-ring (bicyclic) bond motifs is 1. The number of rotatable bonds is 5. The zero-order valence-electron chi connectivity index (χ0n) is 11.6. The summed E-state index contributed by atoms with van der Waals surface area (Å²) in [6, 6.07) is 0. The standard InChI is InChI=1S/C11H17N5O3S2/c1-2-12-9-10(16-5-8-20-11(16)13-9)21(17,18)14-15-3-6-19-7-4-15/h5,8,12,14H,2-4,6-7H2,1H3. The number of imidazole rings is 1. The molecule has 10 heteroatoms. The summed E-state index contributed by atoms with van der Waals surface area (Å²) < 4.78 is 32.2. The Morgan fingerprint density at radius 3 is 2.90 bits per heavy atom. The van der Waals surface area contributed by atoms with Gasteiger partial charge in [0.1, 0.15) is 0 Å². The lowest BCUT2D eigenvalue weighted by atomic mass is 10.5. The van der Waals surface area contributed by atoms with E-state index in [-0.39, 0.29) is 5.03 Å². The predicted molar refractivity (Wildman–Crippen MR) is 79.9 cm³/mol. The third-order valence-corrected chi connectivity index (χ3v) is 5.23. The second-order valence-corrected chi connectivity index (χ2v) is 6.99. The molecule has 0 bridgehead atoms. The molecular weight excluding hydrogens is 314 g/mol. The molecule has 0 aliphatic carbocycles. The van der Waals surface area contributed by atoms with E-state index in [2.05, 4.69) is 15.1 Å². The van der Waals surface area contributed by atoms with Crippen molar-refractivity contribution in [3.05, 3.63) is 11.6 Å². The Balaban J connectivity index is 1.96. The molecule has 21 heavy (non-hydrogen) atoms. The van der Waals surface area contributed by atoms with E-state index >= 15 is 0 Å². The number of sulfonamides is 1. The molecular formula is C11H17N5O3S2. The molecule has 0 saturated carbocycles. The first-order chi connectivity index (χ1) is 10.1. The van der Waals surface area contributed by atoms with Crippen molar-refractivity contribution in [3.63, 3.8) is 0 Å². The molecule has 2 N–H and O–H groups in total. The quantitative estimate of drug-likeness (QED) is 0.822. The Kier molecular flexibility index (Phi) is 4.13. The van der Waals surface area contributed by atoms with Gasteiger partial charge in [-0.25, -0.2) is 18.4 Å². The molecule has 0 unspecified atom stereocenters. The van der Waals surface area contributed by atoms with Gasteiger partial charge in [-0.05, 0) is 6.92 Å². The monoisotopic (exact) mass is 331 g/mol. The second-order valence-electron chi connectivity index (χ2n) is 4.55. The summed E-state index contributed by atoms with van der Waals surface area (Å²) in [5.41, 5.74) is 0. The molecule has 3 heterocycles. The van der Waals surface area contributed by atoms with Gasteiger partial charge in [-0.3, -0.25) is 4.40 Å². The van der Waals surface area contributed by atoms with Crippen LogP contribution in [0.5, 0.6) is 0 Å². The molecule has 0 spiro atoms. The highest BCUT2D eigenvalue weighted by molar-refractivity contribution is 7.89. The summed E-state index contributed by atoms with van der Waals surface area (Å²) in [4.78, 5) is 7.58. The first kappa shape index (κ1) is 14.7. The highest BCUT2D eigenvalue weighted by atomic mass is 32.2. The number of anilines is 1. The predicted octanol–water partition coefficient (Wildman–Crippen LogP) is 0.353. The van der Waals surface area contributed by atoms with Gasteiger partial charge in [-0.1, -0.05) is 0 Å². The van der Waals surface area contributed by atoms with Crippen LogP contribution in [0.2, 0.25) is 0 Å². The number of hydrogen-bond acceptors (Lipinski definition) is 7. The van der Waals surface area contributed by atoms with Crippen LogP contribution in [0, 0.1) is 0 Å². The molecule has 2 aromatic heterocycles. The van der Waals surface area contributed by atoms with Gasteiger partial charge in [0.05, 0.1) is 13.2 Å². The minimum Gasteiger partial charge on any atom is -0.379 e. The Labute approximate surface area is 126 Å². The number of hydrogen-bond donors (Lipinski definition) is 2. The molecule has 1 fully saturated rings. The van der Waals surface area contributed by atoms with Crippen molar-refractivity contribution >= 4 is 32.1 Å². The molecule has 8 nitrogen and oxygen atoms in total. The molecule has 0 radical (unpaired) electrons. The summed E-state index contributed by atoms with van der Waals surface area (Å²) >= 11 is 1.40. The minimum absolute atomic E-state index is 0.145. The number of aromatic nitrogens is 2. The van der Waals surface area contributed by atoms with Crippen LogP contribution in [0.1, 0.15) is 6.92 Å². The zero-order valence-corrected chi connectivity index (χ0v) is 13.2. The van der Waals surface area contributed by atoms with Crippen LogP contribution in [0.15, 0.2) is 16.6 Å². The molecule has 1 aliphatic rings. The van der Waals surface area contributed by atoms with Crippen LogP contribution in [0.3, 0.4) is 0 Å². The summed E-state index contributed by atoms with van der Waals surface area (Å²) in [5.74, 6) is 0.380. The van der Waals surface area contributed by atoms with Crippen LogP contribution in [-0.2, 0) is 14.8 Å². The number of morpholine rings is 1. The molecule has 0 atom stereocenters. The fourth-order valence-corrected chi connectivity index (χ4v) is 4.33. The summed E-state index contributed by atoms with van der Waals surface area (Å²) in [7, 11) is -3.70. The summed E-state index contributed by atoms with van der Waals surface area (Å²) in [6.45, 7) is 4.60. The average Bonchev–Trinajstić information content (AvgIpc) is 2.99. The number of ether oxygens (including phenoxy) is 1. The molecule has 0 amide bonds. The largest absolute Gasteiger partial charge is 0.379 e. The van der Waals surface area contributed by atoms with Gasteiger partial charge in [-0.2, -0.15) is 0 Å². The van der Waals surface area contributed by atoms with E-state index in [4.69, 9.17) is 4.74 Å². The van der Waals surface area contributed by atoms with Gasteiger partial charge in [0.15, 0.2) is 10.8 Å². The molecule has 2 aromatic rings. The van der Waals surface area contributed by atoms with Gasteiger partial charge >= 0.3 is 0 Å². The van der Waals surface area contributed by atoms with E-state index in [1.807, 2.05) is 12.3 Å². The zero-order chi connectivity index (χ0) is 14.9. The normalized spacial score (nSPS) is 17.4. The van der Waals surface area contributed by atoms with Crippen molar-refractivity contribution in [2.75, 3.05) is 38.2 Å². The SMILES string of the molecule is CCNc1nc2sccn2c1S(=O)(=O)NN1CCOCC1. The average molecular weight is 331 g/mol. The van der Waals surface area contributed by atoms with E-state index in [0.29, 0.717) is 43.6 Å². The smallest absolute Gasteiger partial charge is 0.273 e. The topological polar surface area (TPSA) is 88.0 Å². The van der Waals surface area contributed by atoms with Gasteiger partial charge in [0, 0.05) is 31.2 Å². The van der Waals surface area contributed by atoms with E-state index in [1.165, 1.54) is 11.3 Å². The van der Waals surface area contributed by atoms with Crippen molar-refractivity contribution in [1.29, 1.82) is 0 Å². The maximum Gasteiger partial charge on any atom is 0.273 e. The lowest BCUT2D eigenvalue weighted by molar-refractivity contribution is 0.0272. The van der Waals surface area contributed by atoms with Crippen molar-refractivity contribution in [1.82, 2.24) is 19.2 Å². The van der Waals surface area contributed by atoms with Crippen molar-refractivity contribution in [2.24, 2.45) is 0 Å². The fraction of sp³-hybridized carbons (Fsp3) is 0.545. The Hall–Kier alpha value is -1.20. The Morgan fingerprint density at radius 2 is 2.19 bits per heavy atom. The molecule has 3 rings (SSSR count). The van der Waals surface area contributed by atoms with Crippen LogP contribution in [0.4, 0.5) is 5.82 Å². The van der Waals surface area contributed by atoms with Crippen LogP contribution >= 0.6 is 11.3 Å². The molecule has 1 aliphatic heterocycles. The number of nitrogens with zero attached hydrogens (tertiary/aromatic N) is 3. The van der Waals surface area contributed by atoms with Crippen molar-refractivity contribution in [2.45, 2.75) is 11.9 Å². The second kappa shape index (κ2) is 5.89.